The van der Waals surface area contributed by atoms with E-state index in [0.29, 0.717) is 18.2 Å². The van der Waals surface area contributed by atoms with Crippen molar-refractivity contribution in [1.29, 1.82) is 0 Å². The first-order chi connectivity index (χ1) is 5.60. The fourth-order valence-corrected chi connectivity index (χ4v) is 3.42. The van der Waals surface area contributed by atoms with Gasteiger partial charge in [-0.15, -0.1) is 0 Å². The first kappa shape index (κ1) is 9.90. The Labute approximate surface area is 89.0 Å². The zero-order valence-corrected chi connectivity index (χ0v) is 9.57. The van der Waals surface area contributed by atoms with E-state index >= 15 is 0 Å². The molecule has 4 heteroatoms. The highest BCUT2D eigenvalue weighted by Gasteiger charge is 2.66. The van der Waals surface area contributed by atoms with Crippen LogP contribution in [0.25, 0.3) is 0 Å². The molecule has 0 aromatic carbocycles. The molecule has 0 spiro atoms. The van der Waals surface area contributed by atoms with Gasteiger partial charge in [-0.3, -0.25) is 0 Å². The van der Waals surface area contributed by atoms with Crippen molar-refractivity contribution >= 4 is 0 Å². The molecule has 4 aliphatic rings. The lowest BCUT2D eigenvalue weighted by Gasteiger charge is -2.41. The molecule has 0 aromatic rings. The van der Waals surface area contributed by atoms with Crippen LogP contribution in [0.2, 0.25) is 0 Å². The van der Waals surface area contributed by atoms with Crippen molar-refractivity contribution in [1.82, 2.24) is 0 Å². The maximum Gasteiger partial charge on any atom is 0.141 e. The highest BCUT2D eigenvalue weighted by molar-refractivity contribution is 5.04. The Bertz CT molecular complexity index is 230. The van der Waals surface area contributed by atoms with Crippen molar-refractivity contribution in [2.45, 2.75) is 43.2 Å². The summed E-state index contributed by atoms with van der Waals surface area (Å²) in [7, 11) is 4.45. The maximum absolute atomic E-state index is 9.90. The Morgan fingerprint density at radius 2 is 1.85 bits per heavy atom. The minimum Gasteiger partial charge on any atom is -1.00 e. The molecule has 4 saturated heterocycles. The minimum absolute atomic E-state index is 0. The van der Waals surface area contributed by atoms with E-state index in [4.69, 9.17) is 4.74 Å². The summed E-state index contributed by atoms with van der Waals surface area (Å²) >= 11 is 0. The summed E-state index contributed by atoms with van der Waals surface area (Å²) in [6.45, 7) is 0. The Morgan fingerprint density at radius 1 is 1.23 bits per heavy atom. The molecular weight excluding hydrogens is 234 g/mol. The second-order valence-electron chi connectivity index (χ2n) is 4.95. The van der Waals surface area contributed by atoms with Gasteiger partial charge in [0.25, 0.3) is 0 Å². The van der Waals surface area contributed by atoms with E-state index in [1.54, 1.807) is 0 Å². The monoisotopic (exact) mass is 249 g/mol. The summed E-state index contributed by atoms with van der Waals surface area (Å²) in [4.78, 5) is 0. The molecular formula is C9H16BrNO2. The van der Waals surface area contributed by atoms with E-state index in [2.05, 4.69) is 14.1 Å². The summed E-state index contributed by atoms with van der Waals surface area (Å²) in [6, 6.07) is 0.997. The molecule has 5 unspecified atom stereocenters. The average Bonchev–Trinajstić information content (AvgIpc) is 2.39. The number of aliphatic hydroxyl groups is 1. The van der Waals surface area contributed by atoms with Crippen LogP contribution in [0, 0.1) is 0 Å². The lowest BCUT2D eigenvalue weighted by Crippen LogP contribution is -3.00. The Hall–Kier alpha value is 0.360. The van der Waals surface area contributed by atoms with Gasteiger partial charge in [0, 0.05) is 12.8 Å². The van der Waals surface area contributed by atoms with Crippen molar-refractivity contribution in [2.24, 2.45) is 0 Å². The zero-order valence-electron chi connectivity index (χ0n) is 7.98. The van der Waals surface area contributed by atoms with Gasteiger partial charge in [-0.1, -0.05) is 0 Å². The minimum atomic E-state index is -0.205. The highest BCUT2D eigenvalue weighted by atomic mass is 79.9. The third kappa shape index (κ3) is 1.00. The van der Waals surface area contributed by atoms with Gasteiger partial charge in [-0.2, -0.15) is 0 Å². The van der Waals surface area contributed by atoms with Crippen LogP contribution in [0.4, 0.5) is 0 Å². The topological polar surface area (TPSA) is 29.5 Å². The first-order valence-corrected chi connectivity index (χ1v) is 4.77. The summed E-state index contributed by atoms with van der Waals surface area (Å²) in [5.41, 5.74) is 0. The maximum atomic E-state index is 9.90. The van der Waals surface area contributed by atoms with Crippen LogP contribution in [-0.4, -0.2) is 54.1 Å². The van der Waals surface area contributed by atoms with Gasteiger partial charge in [0.15, 0.2) is 0 Å². The molecule has 1 N–H and O–H groups in total. The molecule has 4 fully saturated rings. The van der Waals surface area contributed by atoms with Crippen LogP contribution in [0.3, 0.4) is 0 Å². The van der Waals surface area contributed by atoms with Crippen LogP contribution in [0.1, 0.15) is 12.8 Å². The molecule has 0 amide bonds. The van der Waals surface area contributed by atoms with Gasteiger partial charge in [-0.25, -0.2) is 0 Å². The van der Waals surface area contributed by atoms with Gasteiger partial charge in [0.05, 0.1) is 20.2 Å². The number of likely N-dealkylation sites (N-methyl/N-ethyl adjacent to an activating group) is 1. The lowest BCUT2D eigenvalue weighted by molar-refractivity contribution is -0.930. The fraction of sp³-hybridized carbons (Fsp3) is 1.00. The zero-order chi connectivity index (χ0) is 8.51. The number of rotatable bonds is 0. The summed E-state index contributed by atoms with van der Waals surface area (Å²) in [5.74, 6) is 0. The summed E-state index contributed by atoms with van der Waals surface area (Å²) in [5, 5.41) is 9.90. The van der Waals surface area contributed by atoms with E-state index in [-0.39, 0.29) is 29.2 Å². The quantitative estimate of drug-likeness (QED) is 0.457. The lowest BCUT2D eigenvalue weighted by atomic mass is 9.98. The van der Waals surface area contributed by atoms with Gasteiger partial charge < -0.3 is 31.3 Å². The highest BCUT2D eigenvalue weighted by Crippen LogP contribution is 2.48. The Balaban J connectivity index is 0.000000653. The fourth-order valence-electron chi connectivity index (χ4n) is 3.42. The molecule has 76 valence electrons. The number of quaternary nitrogens is 1. The normalized spacial score (nSPS) is 55.2. The van der Waals surface area contributed by atoms with Gasteiger partial charge in [-0.05, 0) is 0 Å². The number of hydrogen-bond donors (Lipinski definition) is 1. The van der Waals surface area contributed by atoms with Gasteiger partial charge >= 0.3 is 0 Å². The molecule has 13 heavy (non-hydrogen) atoms. The molecule has 3 nitrogen and oxygen atoms in total. The average molecular weight is 250 g/mol. The second-order valence-corrected chi connectivity index (χ2v) is 4.95. The van der Waals surface area contributed by atoms with Crippen LogP contribution >= 0.6 is 0 Å². The van der Waals surface area contributed by atoms with Crippen molar-refractivity contribution in [3.63, 3.8) is 0 Å². The standard InChI is InChI=1S/C9H16NO2.BrH/c1-10(2)6-3-5-4-7(10)9(12-5)8(6)11;/h5-9,11H,3-4H2,1-2H3;1H/q+1;/p-1. The predicted molar refractivity (Wildman–Crippen MR) is 43.6 cm³/mol. The molecule has 0 saturated carbocycles. The molecule has 4 heterocycles. The SMILES string of the molecule is C[N+]1(C)C2CC3CC1C(O3)C2O.[Br-]. The number of ether oxygens (including phenoxy) is 1. The third-order valence-electron chi connectivity index (χ3n) is 4.18. The smallest absolute Gasteiger partial charge is 0.141 e. The molecule has 4 aliphatic heterocycles. The Morgan fingerprint density at radius 3 is 2.38 bits per heavy atom. The number of aliphatic hydroxyl groups excluding tert-OH is 1. The molecule has 4 rings (SSSR count). The van der Waals surface area contributed by atoms with Crippen molar-refractivity contribution < 1.29 is 31.3 Å². The molecule has 4 bridgehead atoms. The van der Waals surface area contributed by atoms with E-state index in [1.807, 2.05) is 0 Å². The van der Waals surface area contributed by atoms with Crippen molar-refractivity contribution in [2.75, 3.05) is 14.1 Å². The van der Waals surface area contributed by atoms with Crippen molar-refractivity contribution in [3.8, 4) is 0 Å². The molecule has 0 radical (unpaired) electrons. The third-order valence-corrected chi connectivity index (χ3v) is 4.18. The van der Waals surface area contributed by atoms with Crippen LogP contribution in [0.5, 0.6) is 0 Å². The van der Waals surface area contributed by atoms with Crippen LogP contribution in [-0.2, 0) is 4.74 Å². The summed E-state index contributed by atoms with van der Waals surface area (Å²) < 4.78 is 6.71. The van der Waals surface area contributed by atoms with E-state index < -0.39 is 0 Å². The number of piperidine rings is 1. The molecule has 0 aliphatic carbocycles. The Kier molecular flexibility index (Phi) is 2.05. The summed E-state index contributed by atoms with van der Waals surface area (Å²) in [6.07, 6.45) is 2.61. The number of halogens is 1. The molecule has 5 atom stereocenters. The second kappa shape index (κ2) is 2.69. The van der Waals surface area contributed by atoms with Gasteiger partial charge in [0.1, 0.15) is 24.3 Å². The van der Waals surface area contributed by atoms with E-state index in [1.165, 1.54) is 0 Å². The predicted octanol–water partition coefficient (Wildman–Crippen LogP) is -3.26. The largest absolute Gasteiger partial charge is 1.00 e. The molecule has 0 aromatic heterocycles. The van der Waals surface area contributed by atoms with Crippen molar-refractivity contribution in [3.05, 3.63) is 0 Å². The van der Waals surface area contributed by atoms with Crippen LogP contribution in [0.15, 0.2) is 0 Å². The van der Waals surface area contributed by atoms with Gasteiger partial charge in [0.2, 0.25) is 0 Å². The van der Waals surface area contributed by atoms with E-state index in [0.717, 1.165) is 17.3 Å². The number of hydrogen-bond acceptors (Lipinski definition) is 2. The first-order valence-electron chi connectivity index (χ1n) is 4.77. The van der Waals surface area contributed by atoms with E-state index in [9.17, 15) is 5.11 Å². The number of nitrogens with zero attached hydrogens (tertiary/aromatic N) is 1. The van der Waals surface area contributed by atoms with Crippen LogP contribution < -0.4 is 17.0 Å².